The quantitative estimate of drug-likeness (QED) is 0.198. The van der Waals surface area contributed by atoms with Gasteiger partial charge in [0.1, 0.15) is 13.2 Å². The fraction of sp³-hybridized carbons (Fsp3) is 0.231. The van der Waals surface area contributed by atoms with E-state index in [1.165, 1.54) is 34.6 Å². The number of rotatable bonds is 9. The lowest BCUT2D eigenvalue weighted by Gasteiger charge is -2.12. The molecule has 166 valence electrons. The minimum Gasteiger partial charge on any atom is -0.496 e. The van der Waals surface area contributed by atoms with Crippen LogP contribution in [0.3, 0.4) is 0 Å². The van der Waals surface area contributed by atoms with Crippen molar-refractivity contribution >= 4 is 21.9 Å². The number of carbonyl (C=O) groups excluding carboxylic acids is 1. The fourth-order valence-electron chi connectivity index (χ4n) is 3.32. The summed E-state index contributed by atoms with van der Waals surface area (Å²) in [6.45, 7) is 6.99. The molecule has 0 atom stereocenters. The van der Waals surface area contributed by atoms with E-state index in [9.17, 15) is 4.79 Å². The summed E-state index contributed by atoms with van der Waals surface area (Å²) in [5, 5.41) is 0. The Morgan fingerprint density at radius 3 is 2.56 bits per heavy atom. The number of halogens is 1. The summed E-state index contributed by atoms with van der Waals surface area (Å²) < 4.78 is 17.0. The van der Waals surface area contributed by atoms with Gasteiger partial charge in [0, 0.05) is 22.3 Å². The lowest BCUT2D eigenvalue weighted by atomic mass is 9.95. The van der Waals surface area contributed by atoms with Crippen LogP contribution in [0.5, 0.6) is 5.88 Å². The Bertz CT molecular complexity index is 1090. The predicted octanol–water partition coefficient (Wildman–Crippen LogP) is 6.30. The maximum atomic E-state index is 11.3. The smallest absolute Gasteiger partial charge is 0.333 e. The van der Waals surface area contributed by atoms with E-state index in [0.717, 1.165) is 15.6 Å². The zero-order chi connectivity index (χ0) is 22.9. The van der Waals surface area contributed by atoms with Crippen LogP contribution in [0, 0.1) is 13.8 Å². The summed E-state index contributed by atoms with van der Waals surface area (Å²) >= 11 is 3.47. The van der Waals surface area contributed by atoms with Gasteiger partial charge >= 0.3 is 5.97 Å². The first-order chi connectivity index (χ1) is 15.5. The third kappa shape index (κ3) is 6.44. The van der Waals surface area contributed by atoms with E-state index in [1.807, 2.05) is 18.2 Å². The van der Waals surface area contributed by atoms with Crippen molar-refractivity contribution < 1.29 is 19.0 Å². The molecule has 0 N–H and O–H groups in total. The van der Waals surface area contributed by atoms with Crippen molar-refractivity contribution in [2.45, 2.75) is 34.0 Å². The van der Waals surface area contributed by atoms with Gasteiger partial charge in [-0.05, 0) is 70.6 Å². The van der Waals surface area contributed by atoms with Gasteiger partial charge in [0.2, 0.25) is 5.88 Å². The van der Waals surface area contributed by atoms with Crippen LogP contribution in [0.25, 0.3) is 11.1 Å². The van der Waals surface area contributed by atoms with Crippen LogP contribution in [0.4, 0.5) is 0 Å². The summed E-state index contributed by atoms with van der Waals surface area (Å²) in [5.74, 6) is 0.0621. The maximum absolute atomic E-state index is 11.3. The second-order valence-corrected chi connectivity index (χ2v) is 8.09. The van der Waals surface area contributed by atoms with Crippen molar-refractivity contribution in [3.8, 4) is 17.0 Å². The first-order valence-electron chi connectivity index (χ1n) is 10.4. The van der Waals surface area contributed by atoms with Crippen molar-refractivity contribution in [2.24, 2.45) is 0 Å². The van der Waals surface area contributed by atoms with Gasteiger partial charge in [0.25, 0.3) is 0 Å². The van der Waals surface area contributed by atoms with Gasteiger partial charge in [0.15, 0.2) is 0 Å². The van der Waals surface area contributed by atoms with Gasteiger partial charge in [-0.25, -0.2) is 9.78 Å². The molecule has 0 spiro atoms. The molecule has 5 nitrogen and oxygen atoms in total. The van der Waals surface area contributed by atoms with E-state index in [1.54, 1.807) is 13.1 Å². The lowest BCUT2D eigenvalue weighted by molar-refractivity contribution is -0.137. The van der Waals surface area contributed by atoms with Crippen molar-refractivity contribution in [2.75, 3.05) is 6.61 Å². The number of hydrogen-bond donors (Lipinski definition) is 0. The van der Waals surface area contributed by atoms with Crippen molar-refractivity contribution in [3.63, 3.8) is 0 Å². The van der Waals surface area contributed by atoms with Crippen LogP contribution >= 0.6 is 15.9 Å². The molecule has 0 aliphatic carbocycles. The minimum atomic E-state index is -0.437. The summed E-state index contributed by atoms with van der Waals surface area (Å²) in [6, 6.07) is 16.5. The summed E-state index contributed by atoms with van der Waals surface area (Å²) in [6.07, 6.45) is 4.25. The molecular weight excluding hydrogens is 470 g/mol. The molecule has 0 saturated carbocycles. The zero-order valence-electron chi connectivity index (χ0n) is 18.4. The normalized spacial score (nSPS) is 10.9. The number of ether oxygens (including phenoxy) is 3. The van der Waals surface area contributed by atoms with Crippen LogP contribution in [0.1, 0.15) is 29.2 Å². The average Bonchev–Trinajstić information content (AvgIpc) is 2.77. The number of aromatic nitrogens is 1. The molecular formula is C26H26BrNO4. The summed E-state index contributed by atoms with van der Waals surface area (Å²) in [7, 11) is 0. The SMILES string of the molecule is CCOC(=O)/C=C/OCc1cc(OCc2cccc(-c3c(C)cccc3C)c2)ncc1Br. The van der Waals surface area contributed by atoms with Crippen LogP contribution in [-0.4, -0.2) is 17.6 Å². The van der Waals surface area contributed by atoms with E-state index in [-0.39, 0.29) is 6.61 Å². The summed E-state index contributed by atoms with van der Waals surface area (Å²) in [5.41, 5.74) is 6.84. The summed E-state index contributed by atoms with van der Waals surface area (Å²) in [4.78, 5) is 15.6. The molecule has 32 heavy (non-hydrogen) atoms. The average molecular weight is 496 g/mol. The standard InChI is InChI=1S/C26H26BrNO4/c1-4-31-25(29)11-12-30-17-22-14-24(28-15-23(22)27)32-16-20-9-6-10-21(13-20)26-18(2)7-5-8-19(26)3/h5-15H,4,16-17H2,1-3H3/b12-11+. The second-order valence-electron chi connectivity index (χ2n) is 7.24. The number of aryl methyl sites for hydroxylation is 2. The highest BCUT2D eigenvalue weighted by Gasteiger charge is 2.08. The molecule has 3 rings (SSSR count). The molecule has 0 aliphatic rings. The first kappa shape index (κ1) is 23.5. The van der Waals surface area contributed by atoms with Gasteiger partial charge in [0.05, 0.1) is 18.9 Å². The monoisotopic (exact) mass is 495 g/mol. The van der Waals surface area contributed by atoms with Crippen molar-refractivity contribution in [1.29, 1.82) is 0 Å². The first-order valence-corrected chi connectivity index (χ1v) is 11.1. The highest BCUT2D eigenvalue weighted by molar-refractivity contribution is 9.10. The lowest BCUT2D eigenvalue weighted by Crippen LogP contribution is -2.00. The van der Waals surface area contributed by atoms with Crippen LogP contribution < -0.4 is 4.74 Å². The van der Waals surface area contributed by atoms with E-state index >= 15 is 0 Å². The Labute approximate surface area is 197 Å². The molecule has 0 saturated heterocycles. The maximum Gasteiger partial charge on any atom is 0.333 e. The van der Waals surface area contributed by atoms with Gasteiger partial charge in [-0.3, -0.25) is 0 Å². The van der Waals surface area contributed by atoms with Gasteiger partial charge in [-0.1, -0.05) is 36.4 Å². The Morgan fingerprint density at radius 1 is 1.06 bits per heavy atom. The fourth-order valence-corrected chi connectivity index (χ4v) is 3.65. The van der Waals surface area contributed by atoms with Crippen molar-refractivity contribution in [3.05, 3.63) is 93.8 Å². The molecule has 2 aromatic carbocycles. The van der Waals surface area contributed by atoms with Gasteiger partial charge < -0.3 is 14.2 Å². The molecule has 0 aliphatic heterocycles. The Hall–Kier alpha value is -3.12. The number of carbonyl (C=O) groups is 1. The van der Waals surface area contributed by atoms with Gasteiger partial charge in [-0.15, -0.1) is 0 Å². The van der Waals surface area contributed by atoms with Crippen molar-refractivity contribution in [1.82, 2.24) is 4.98 Å². The van der Waals surface area contributed by atoms with Crippen LogP contribution in [0.15, 0.2) is 71.5 Å². The largest absolute Gasteiger partial charge is 0.496 e. The Balaban J connectivity index is 1.65. The van der Waals surface area contributed by atoms with E-state index in [0.29, 0.717) is 19.1 Å². The molecule has 3 aromatic rings. The highest BCUT2D eigenvalue weighted by Crippen LogP contribution is 2.28. The van der Waals surface area contributed by atoms with Gasteiger partial charge in [-0.2, -0.15) is 0 Å². The molecule has 0 radical (unpaired) electrons. The molecule has 0 bridgehead atoms. The third-order valence-corrected chi connectivity index (χ3v) is 5.53. The molecule has 1 aromatic heterocycles. The number of nitrogens with zero attached hydrogens (tertiary/aromatic N) is 1. The second kappa shape index (κ2) is 11.5. The number of esters is 1. The zero-order valence-corrected chi connectivity index (χ0v) is 20.0. The molecule has 0 unspecified atom stereocenters. The third-order valence-electron chi connectivity index (χ3n) is 4.82. The number of pyridine rings is 1. The topological polar surface area (TPSA) is 57.7 Å². The molecule has 1 heterocycles. The van der Waals surface area contributed by atoms with E-state index in [2.05, 4.69) is 65.1 Å². The Kier molecular flexibility index (Phi) is 8.45. The molecule has 0 fully saturated rings. The highest BCUT2D eigenvalue weighted by atomic mass is 79.9. The number of benzene rings is 2. The van der Waals surface area contributed by atoms with Crippen LogP contribution in [-0.2, 0) is 27.5 Å². The molecule has 0 amide bonds. The Morgan fingerprint density at radius 2 is 1.81 bits per heavy atom. The van der Waals surface area contributed by atoms with E-state index < -0.39 is 5.97 Å². The number of hydrogen-bond acceptors (Lipinski definition) is 5. The molecule has 6 heteroatoms. The minimum absolute atomic E-state index is 0.261. The predicted molar refractivity (Wildman–Crippen MR) is 128 cm³/mol. The van der Waals surface area contributed by atoms with E-state index in [4.69, 9.17) is 14.2 Å². The van der Waals surface area contributed by atoms with Crippen LogP contribution in [0.2, 0.25) is 0 Å².